The third kappa shape index (κ3) is 2.97. The summed E-state index contributed by atoms with van der Waals surface area (Å²) in [5.41, 5.74) is 2.50. The third-order valence-electron chi connectivity index (χ3n) is 3.00. The van der Waals surface area contributed by atoms with Gasteiger partial charge in [0.05, 0.1) is 6.10 Å². The molecule has 1 atom stereocenters. The molecule has 1 aliphatic heterocycles. The Morgan fingerprint density at radius 2 is 2.25 bits per heavy atom. The standard InChI is InChI=1S/C13H20N2O/c1-14-13-7-3-2-5-11(13)9-15-10-12-6-4-8-16-12/h2-3,5,7,12,14-15H,4,6,8-10H2,1H3. The van der Waals surface area contributed by atoms with E-state index < -0.39 is 0 Å². The van der Waals surface area contributed by atoms with Crippen molar-refractivity contribution in [2.24, 2.45) is 0 Å². The molecule has 88 valence electrons. The molecule has 1 aliphatic rings. The van der Waals surface area contributed by atoms with E-state index in [2.05, 4.69) is 34.9 Å². The van der Waals surface area contributed by atoms with Crippen molar-refractivity contribution in [1.29, 1.82) is 0 Å². The van der Waals surface area contributed by atoms with Gasteiger partial charge in [-0.05, 0) is 24.5 Å². The van der Waals surface area contributed by atoms with Crippen molar-refractivity contribution < 1.29 is 4.74 Å². The molecule has 3 nitrogen and oxygen atoms in total. The van der Waals surface area contributed by atoms with E-state index in [0.29, 0.717) is 6.10 Å². The predicted molar refractivity (Wildman–Crippen MR) is 66.7 cm³/mol. The Morgan fingerprint density at radius 3 is 3.00 bits per heavy atom. The molecule has 1 heterocycles. The monoisotopic (exact) mass is 220 g/mol. The van der Waals surface area contributed by atoms with Crippen LogP contribution in [0.2, 0.25) is 0 Å². The summed E-state index contributed by atoms with van der Waals surface area (Å²) in [5, 5.41) is 6.66. The molecule has 3 heteroatoms. The maximum absolute atomic E-state index is 5.57. The molecule has 16 heavy (non-hydrogen) atoms. The summed E-state index contributed by atoms with van der Waals surface area (Å²) < 4.78 is 5.57. The molecule has 1 unspecified atom stereocenters. The van der Waals surface area contributed by atoms with Gasteiger partial charge in [0, 0.05) is 32.4 Å². The van der Waals surface area contributed by atoms with Crippen molar-refractivity contribution in [3.63, 3.8) is 0 Å². The molecule has 0 spiro atoms. The molecule has 0 bridgehead atoms. The smallest absolute Gasteiger partial charge is 0.0700 e. The SMILES string of the molecule is CNc1ccccc1CNCC1CCCO1. The van der Waals surface area contributed by atoms with Gasteiger partial charge in [0.2, 0.25) is 0 Å². The van der Waals surface area contributed by atoms with Crippen molar-refractivity contribution in [3.8, 4) is 0 Å². The van der Waals surface area contributed by atoms with Crippen LogP contribution in [0.15, 0.2) is 24.3 Å². The Morgan fingerprint density at radius 1 is 1.38 bits per heavy atom. The average molecular weight is 220 g/mol. The fourth-order valence-electron chi connectivity index (χ4n) is 2.09. The fraction of sp³-hybridized carbons (Fsp3) is 0.538. The summed E-state index contributed by atoms with van der Waals surface area (Å²) in [6.45, 7) is 2.79. The highest BCUT2D eigenvalue weighted by atomic mass is 16.5. The van der Waals surface area contributed by atoms with Crippen LogP contribution in [-0.4, -0.2) is 26.3 Å². The van der Waals surface area contributed by atoms with Crippen LogP contribution in [0.25, 0.3) is 0 Å². The highest BCUT2D eigenvalue weighted by Gasteiger charge is 2.14. The molecule has 2 N–H and O–H groups in total. The van der Waals surface area contributed by atoms with E-state index in [9.17, 15) is 0 Å². The van der Waals surface area contributed by atoms with Crippen LogP contribution in [0, 0.1) is 0 Å². The lowest BCUT2D eigenvalue weighted by atomic mass is 10.1. The van der Waals surface area contributed by atoms with E-state index in [0.717, 1.165) is 19.7 Å². The minimum absolute atomic E-state index is 0.418. The molecule has 0 aromatic heterocycles. The normalized spacial score (nSPS) is 19.9. The second-order valence-electron chi connectivity index (χ2n) is 4.17. The number of para-hydroxylation sites is 1. The lowest BCUT2D eigenvalue weighted by Gasteiger charge is -2.13. The predicted octanol–water partition coefficient (Wildman–Crippen LogP) is 2.00. The number of benzene rings is 1. The van der Waals surface area contributed by atoms with Crippen molar-refractivity contribution in [2.75, 3.05) is 25.5 Å². The van der Waals surface area contributed by atoms with Crippen LogP contribution in [0.4, 0.5) is 5.69 Å². The van der Waals surface area contributed by atoms with Crippen LogP contribution < -0.4 is 10.6 Å². The zero-order chi connectivity index (χ0) is 11.2. The Bertz CT molecular complexity index is 321. The van der Waals surface area contributed by atoms with Crippen molar-refractivity contribution in [2.45, 2.75) is 25.5 Å². The van der Waals surface area contributed by atoms with Crippen LogP contribution in [0.3, 0.4) is 0 Å². The molecule has 0 amide bonds. The van der Waals surface area contributed by atoms with Crippen molar-refractivity contribution >= 4 is 5.69 Å². The van der Waals surface area contributed by atoms with Gasteiger partial charge in [0.15, 0.2) is 0 Å². The number of hydrogen-bond donors (Lipinski definition) is 2. The lowest BCUT2D eigenvalue weighted by molar-refractivity contribution is 0.110. The Balaban J connectivity index is 1.79. The van der Waals surface area contributed by atoms with Crippen LogP contribution in [-0.2, 0) is 11.3 Å². The number of ether oxygens (including phenoxy) is 1. The molecule has 1 aromatic rings. The molecule has 1 aromatic carbocycles. The number of rotatable bonds is 5. The van der Waals surface area contributed by atoms with E-state index >= 15 is 0 Å². The Hall–Kier alpha value is -1.06. The maximum atomic E-state index is 5.57. The summed E-state index contributed by atoms with van der Waals surface area (Å²) in [5.74, 6) is 0. The molecule has 0 saturated carbocycles. The Labute approximate surface area is 97.2 Å². The second-order valence-corrected chi connectivity index (χ2v) is 4.17. The average Bonchev–Trinajstić information content (AvgIpc) is 2.83. The summed E-state index contributed by atoms with van der Waals surface area (Å²) in [4.78, 5) is 0. The van der Waals surface area contributed by atoms with Gasteiger partial charge < -0.3 is 15.4 Å². The molecular weight excluding hydrogens is 200 g/mol. The fourth-order valence-corrected chi connectivity index (χ4v) is 2.09. The third-order valence-corrected chi connectivity index (χ3v) is 3.00. The van der Waals surface area contributed by atoms with E-state index in [1.54, 1.807) is 0 Å². The molecule has 0 radical (unpaired) electrons. The second kappa shape index (κ2) is 5.87. The minimum atomic E-state index is 0.418. The lowest BCUT2D eigenvalue weighted by Crippen LogP contribution is -2.26. The first kappa shape index (κ1) is 11.4. The van der Waals surface area contributed by atoms with Gasteiger partial charge in [0.25, 0.3) is 0 Å². The molecule has 1 fully saturated rings. The van der Waals surface area contributed by atoms with Gasteiger partial charge in [-0.2, -0.15) is 0 Å². The maximum Gasteiger partial charge on any atom is 0.0700 e. The molecule has 1 saturated heterocycles. The summed E-state index contributed by atoms with van der Waals surface area (Å²) in [6, 6.07) is 8.37. The van der Waals surface area contributed by atoms with Gasteiger partial charge in [-0.25, -0.2) is 0 Å². The summed E-state index contributed by atoms with van der Waals surface area (Å²) in [6.07, 6.45) is 2.82. The first-order valence-corrected chi connectivity index (χ1v) is 5.98. The van der Waals surface area contributed by atoms with Gasteiger partial charge >= 0.3 is 0 Å². The summed E-state index contributed by atoms with van der Waals surface area (Å²) in [7, 11) is 1.96. The quantitative estimate of drug-likeness (QED) is 0.796. The molecule has 0 aliphatic carbocycles. The van der Waals surface area contributed by atoms with Gasteiger partial charge in [0.1, 0.15) is 0 Å². The topological polar surface area (TPSA) is 33.3 Å². The number of nitrogens with one attached hydrogen (secondary N) is 2. The van der Waals surface area contributed by atoms with E-state index in [4.69, 9.17) is 4.74 Å². The van der Waals surface area contributed by atoms with Gasteiger partial charge in [-0.1, -0.05) is 18.2 Å². The highest BCUT2D eigenvalue weighted by Crippen LogP contribution is 2.14. The zero-order valence-corrected chi connectivity index (χ0v) is 9.83. The van der Waals surface area contributed by atoms with Crippen LogP contribution in [0.1, 0.15) is 18.4 Å². The zero-order valence-electron chi connectivity index (χ0n) is 9.83. The number of anilines is 1. The number of hydrogen-bond acceptors (Lipinski definition) is 3. The van der Waals surface area contributed by atoms with Crippen LogP contribution >= 0.6 is 0 Å². The first-order chi connectivity index (χ1) is 7.90. The summed E-state index contributed by atoms with van der Waals surface area (Å²) >= 11 is 0. The molecular formula is C13H20N2O. The van der Waals surface area contributed by atoms with E-state index in [1.807, 2.05) is 7.05 Å². The van der Waals surface area contributed by atoms with E-state index in [-0.39, 0.29) is 0 Å². The van der Waals surface area contributed by atoms with Crippen LogP contribution in [0.5, 0.6) is 0 Å². The van der Waals surface area contributed by atoms with Gasteiger partial charge in [-0.3, -0.25) is 0 Å². The Kier molecular flexibility index (Phi) is 4.19. The van der Waals surface area contributed by atoms with Crippen molar-refractivity contribution in [3.05, 3.63) is 29.8 Å². The largest absolute Gasteiger partial charge is 0.388 e. The minimum Gasteiger partial charge on any atom is -0.388 e. The van der Waals surface area contributed by atoms with Crippen molar-refractivity contribution in [1.82, 2.24) is 5.32 Å². The first-order valence-electron chi connectivity index (χ1n) is 5.98. The van der Waals surface area contributed by atoms with E-state index in [1.165, 1.54) is 24.1 Å². The molecule has 2 rings (SSSR count). The van der Waals surface area contributed by atoms with Gasteiger partial charge in [-0.15, -0.1) is 0 Å². The highest BCUT2D eigenvalue weighted by molar-refractivity contribution is 5.50.